The largest absolute Gasteiger partial charge is 0.378 e. The normalized spacial score (nSPS) is 14.2. The van der Waals surface area contributed by atoms with Gasteiger partial charge in [-0.2, -0.15) is 0 Å². The van der Waals surface area contributed by atoms with Crippen LogP contribution < -0.4 is 5.32 Å². The number of anilines is 1. The van der Waals surface area contributed by atoms with Crippen molar-refractivity contribution in [1.29, 1.82) is 0 Å². The van der Waals surface area contributed by atoms with Crippen molar-refractivity contribution in [1.82, 2.24) is 9.88 Å². The summed E-state index contributed by atoms with van der Waals surface area (Å²) in [6, 6.07) is 9.00. The fraction of sp³-hybridized carbons (Fsp3) is 0.316. The van der Waals surface area contributed by atoms with Gasteiger partial charge < -0.3 is 15.0 Å². The molecule has 1 aromatic carbocycles. The lowest BCUT2D eigenvalue weighted by atomic mass is 10.1. The molecular formula is C19H21N3O3. The fourth-order valence-corrected chi connectivity index (χ4v) is 2.87. The summed E-state index contributed by atoms with van der Waals surface area (Å²) < 4.78 is 5.25. The van der Waals surface area contributed by atoms with Crippen LogP contribution in [0.1, 0.15) is 32.0 Å². The highest BCUT2D eigenvalue weighted by Crippen LogP contribution is 2.15. The smallest absolute Gasteiger partial charge is 0.272 e. The van der Waals surface area contributed by atoms with Gasteiger partial charge >= 0.3 is 0 Å². The Hall–Kier alpha value is -2.73. The van der Waals surface area contributed by atoms with E-state index in [4.69, 9.17) is 4.74 Å². The monoisotopic (exact) mass is 339 g/mol. The molecule has 130 valence electrons. The van der Waals surface area contributed by atoms with E-state index in [2.05, 4.69) is 10.3 Å². The molecule has 25 heavy (non-hydrogen) atoms. The maximum absolute atomic E-state index is 12.5. The van der Waals surface area contributed by atoms with Crippen LogP contribution in [0.2, 0.25) is 0 Å². The van der Waals surface area contributed by atoms with Crippen LogP contribution in [0.15, 0.2) is 36.5 Å². The standard InChI is InChI=1S/C19H21N3O3/c1-13-9-14(2)11-16(10-13)21-18(23)15-3-4-20-17(12-15)19(24)22-5-7-25-8-6-22/h3-4,9-12H,5-8H2,1-2H3,(H,21,23). The summed E-state index contributed by atoms with van der Waals surface area (Å²) in [4.78, 5) is 30.8. The van der Waals surface area contributed by atoms with Gasteiger partial charge in [0.1, 0.15) is 5.69 Å². The molecule has 2 heterocycles. The van der Waals surface area contributed by atoms with Gasteiger partial charge in [-0.25, -0.2) is 0 Å². The Balaban J connectivity index is 1.76. The number of amides is 2. The van der Waals surface area contributed by atoms with Gasteiger partial charge in [0, 0.05) is 30.5 Å². The molecule has 0 radical (unpaired) electrons. The molecule has 0 spiro atoms. The first-order chi connectivity index (χ1) is 12.0. The van der Waals surface area contributed by atoms with Gasteiger partial charge in [-0.3, -0.25) is 14.6 Å². The number of rotatable bonds is 3. The molecule has 2 aromatic rings. The average Bonchev–Trinajstić information content (AvgIpc) is 2.61. The van der Waals surface area contributed by atoms with E-state index in [0.717, 1.165) is 16.8 Å². The lowest BCUT2D eigenvalue weighted by molar-refractivity contribution is 0.0299. The summed E-state index contributed by atoms with van der Waals surface area (Å²) >= 11 is 0. The molecule has 0 bridgehead atoms. The van der Waals surface area contributed by atoms with Crippen LogP contribution in [0.5, 0.6) is 0 Å². The zero-order chi connectivity index (χ0) is 17.8. The van der Waals surface area contributed by atoms with Crippen molar-refractivity contribution in [2.45, 2.75) is 13.8 Å². The number of hydrogen-bond acceptors (Lipinski definition) is 4. The maximum Gasteiger partial charge on any atom is 0.272 e. The Morgan fingerprint density at radius 2 is 1.76 bits per heavy atom. The number of aryl methyl sites for hydroxylation is 2. The lowest BCUT2D eigenvalue weighted by Gasteiger charge is -2.26. The number of nitrogens with one attached hydrogen (secondary N) is 1. The Bertz CT molecular complexity index is 778. The minimum Gasteiger partial charge on any atom is -0.378 e. The van der Waals surface area contributed by atoms with Crippen molar-refractivity contribution in [2.24, 2.45) is 0 Å². The number of aromatic nitrogens is 1. The van der Waals surface area contributed by atoms with Crippen molar-refractivity contribution in [2.75, 3.05) is 31.6 Å². The molecular weight excluding hydrogens is 318 g/mol. The minimum absolute atomic E-state index is 0.177. The third-order valence-corrected chi connectivity index (χ3v) is 4.02. The number of hydrogen-bond donors (Lipinski definition) is 1. The molecule has 2 amide bonds. The summed E-state index contributed by atoms with van der Waals surface area (Å²) in [7, 11) is 0. The molecule has 0 unspecified atom stereocenters. The summed E-state index contributed by atoms with van der Waals surface area (Å²) in [5.41, 5.74) is 3.57. The molecule has 1 aliphatic heterocycles. The zero-order valence-corrected chi connectivity index (χ0v) is 14.4. The number of ether oxygens (including phenoxy) is 1. The number of nitrogens with zero attached hydrogens (tertiary/aromatic N) is 2. The second-order valence-electron chi connectivity index (χ2n) is 6.16. The van der Waals surface area contributed by atoms with Crippen LogP contribution in [0.25, 0.3) is 0 Å². The molecule has 6 heteroatoms. The molecule has 0 saturated carbocycles. The van der Waals surface area contributed by atoms with E-state index in [1.54, 1.807) is 11.0 Å². The Labute approximate surface area is 146 Å². The van der Waals surface area contributed by atoms with E-state index < -0.39 is 0 Å². The van der Waals surface area contributed by atoms with Crippen LogP contribution in [0, 0.1) is 13.8 Å². The predicted molar refractivity (Wildman–Crippen MR) is 94.8 cm³/mol. The molecule has 0 atom stereocenters. The van der Waals surface area contributed by atoms with E-state index in [1.807, 2.05) is 32.0 Å². The maximum atomic E-state index is 12.5. The van der Waals surface area contributed by atoms with Crippen LogP contribution in [-0.4, -0.2) is 48.0 Å². The number of carbonyl (C=O) groups is 2. The third kappa shape index (κ3) is 4.22. The molecule has 3 rings (SSSR count). The van der Waals surface area contributed by atoms with Crippen molar-refractivity contribution >= 4 is 17.5 Å². The fourth-order valence-electron chi connectivity index (χ4n) is 2.87. The van der Waals surface area contributed by atoms with Crippen LogP contribution >= 0.6 is 0 Å². The van der Waals surface area contributed by atoms with E-state index in [0.29, 0.717) is 31.9 Å². The predicted octanol–water partition coefficient (Wildman–Crippen LogP) is 2.42. The highest BCUT2D eigenvalue weighted by atomic mass is 16.5. The molecule has 0 aliphatic carbocycles. The minimum atomic E-state index is -0.261. The summed E-state index contributed by atoms with van der Waals surface area (Å²) in [5.74, 6) is -0.437. The Morgan fingerprint density at radius 3 is 2.44 bits per heavy atom. The van der Waals surface area contributed by atoms with Gasteiger partial charge in [-0.1, -0.05) is 6.07 Å². The number of carbonyl (C=O) groups excluding carboxylic acids is 2. The first kappa shape index (κ1) is 17.1. The topological polar surface area (TPSA) is 71.5 Å². The van der Waals surface area contributed by atoms with Gasteiger partial charge in [-0.15, -0.1) is 0 Å². The molecule has 1 aromatic heterocycles. The Morgan fingerprint density at radius 1 is 1.08 bits per heavy atom. The Kier molecular flexibility index (Phi) is 5.09. The zero-order valence-electron chi connectivity index (χ0n) is 14.4. The molecule has 1 aliphatic rings. The van der Waals surface area contributed by atoms with Crippen molar-refractivity contribution in [3.8, 4) is 0 Å². The van der Waals surface area contributed by atoms with Crippen LogP contribution in [-0.2, 0) is 4.74 Å². The highest BCUT2D eigenvalue weighted by molar-refractivity contribution is 6.05. The molecule has 1 fully saturated rings. The third-order valence-electron chi connectivity index (χ3n) is 4.02. The summed E-state index contributed by atoms with van der Waals surface area (Å²) in [6.07, 6.45) is 1.49. The van der Waals surface area contributed by atoms with Crippen LogP contribution in [0.4, 0.5) is 5.69 Å². The van der Waals surface area contributed by atoms with Gasteiger partial charge in [0.05, 0.1) is 13.2 Å². The summed E-state index contributed by atoms with van der Waals surface area (Å²) in [6.45, 7) is 6.10. The van der Waals surface area contributed by atoms with Gasteiger partial charge in [0.2, 0.25) is 0 Å². The second-order valence-corrected chi connectivity index (χ2v) is 6.16. The van der Waals surface area contributed by atoms with Gasteiger partial charge in [-0.05, 0) is 49.2 Å². The number of benzene rings is 1. The summed E-state index contributed by atoms with van der Waals surface area (Å²) in [5, 5.41) is 2.87. The van der Waals surface area contributed by atoms with Crippen molar-refractivity contribution in [3.63, 3.8) is 0 Å². The molecule has 6 nitrogen and oxygen atoms in total. The van der Waals surface area contributed by atoms with Crippen molar-refractivity contribution in [3.05, 3.63) is 58.9 Å². The quantitative estimate of drug-likeness (QED) is 0.932. The van der Waals surface area contributed by atoms with E-state index in [9.17, 15) is 9.59 Å². The first-order valence-corrected chi connectivity index (χ1v) is 8.25. The van der Waals surface area contributed by atoms with Gasteiger partial charge in [0.25, 0.3) is 11.8 Å². The molecule has 1 N–H and O–H groups in total. The van der Waals surface area contributed by atoms with E-state index >= 15 is 0 Å². The number of morpholine rings is 1. The van der Waals surface area contributed by atoms with Gasteiger partial charge in [0.15, 0.2) is 0 Å². The van der Waals surface area contributed by atoms with Crippen molar-refractivity contribution < 1.29 is 14.3 Å². The lowest BCUT2D eigenvalue weighted by Crippen LogP contribution is -2.41. The second kappa shape index (κ2) is 7.44. The number of pyridine rings is 1. The first-order valence-electron chi connectivity index (χ1n) is 8.25. The highest BCUT2D eigenvalue weighted by Gasteiger charge is 2.20. The van der Waals surface area contributed by atoms with E-state index in [1.165, 1.54) is 12.3 Å². The van der Waals surface area contributed by atoms with Crippen LogP contribution in [0.3, 0.4) is 0 Å². The molecule has 1 saturated heterocycles. The average molecular weight is 339 g/mol. The van der Waals surface area contributed by atoms with E-state index in [-0.39, 0.29) is 17.5 Å². The SMILES string of the molecule is Cc1cc(C)cc(NC(=O)c2ccnc(C(=O)N3CCOCC3)c2)c1.